The maximum Gasteiger partial charge on any atom is 0.320 e. The number of nitrogens with zero attached hydrogens (tertiary/aromatic N) is 1. The number of para-hydroxylation sites is 1. The summed E-state index contributed by atoms with van der Waals surface area (Å²) in [6.07, 6.45) is 0.364. The van der Waals surface area contributed by atoms with E-state index in [0.717, 1.165) is 5.69 Å². The average Bonchev–Trinajstić information content (AvgIpc) is 2.48. The molecule has 0 aliphatic carbocycles. The molecule has 0 saturated heterocycles. The number of hydrogen-bond acceptors (Lipinski definition) is 5. The Morgan fingerprint density at radius 1 is 1.05 bits per heavy atom. The van der Waals surface area contributed by atoms with Crippen molar-refractivity contribution in [2.75, 3.05) is 31.7 Å². The number of ether oxygens (including phenoxy) is 2. The molecule has 0 radical (unpaired) electrons. The van der Waals surface area contributed by atoms with Gasteiger partial charge in [-0.2, -0.15) is 0 Å². The van der Waals surface area contributed by atoms with Crippen LogP contribution in [-0.4, -0.2) is 38.7 Å². The van der Waals surface area contributed by atoms with Gasteiger partial charge in [-0.3, -0.25) is 9.59 Å². The van der Waals surface area contributed by atoms with Gasteiger partial charge < -0.3 is 14.4 Å². The molecule has 0 fully saturated rings. The SMILES string of the molecule is CCOC(=O)C(CCN(C)c1ccccc1)C(=O)OCC. The van der Waals surface area contributed by atoms with Crippen molar-refractivity contribution in [2.45, 2.75) is 20.3 Å². The van der Waals surface area contributed by atoms with E-state index in [1.165, 1.54) is 0 Å². The fourth-order valence-corrected chi connectivity index (χ4v) is 1.95. The highest BCUT2D eigenvalue weighted by atomic mass is 16.6. The molecule has 21 heavy (non-hydrogen) atoms. The smallest absolute Gasteiger partial charge is 0.320 e. The van der Waals surface area contributed by atoms with Gasteiger partial charge in [0.2, 0.25) is 0 Å². The summed E-state index contributed by atoms with van der Waals surface area (Å²) in [5.74, 6) is -1.90. The summed E-state index contributed by atoms with van der Waals surface area (Å²) in [5.41, 5.74) is 1.03. The lowest BCUT2D eigenvalue weighted by molar-refractivity contribution is -0.161. The Hall–Kier alpha value is -2.04. The fraction of sp³-hybridized carbons (Fsp3) is 0.500. The van der Waals surface area contributed by atoms with E-state index < -0.39 is 17.9 Å². The summed E-state index contributed by atoms with van der Waals surface area (Å²) in [7, 11) is 1.92. The minimum Gasteiger partial charge on any atom is -0.465 e. The van der Waals surface area contributed by atoms with Crippen LogP contribution in [-0.2, 0) is 19.1 Å². The third-order valence-corrected chi connectivity index (χ3v) is 3.09. The minimum atomic E-state index is -0.865. The van der Waals surface area contributed by atoms with E-state index in [9.17, 15) is 9.59 Å². The van der Waals surface area contributed by atoms with Gasteiger partial charge in [0, 0.05) is 19.3 Å². The highest BCUT2D eigenvalue weighted by molar-refractivity contribution is 5.94. The van der Waals surface area contributed by atoms with Crippen LogP contribution in [0, 0.1) is 5.92 Å². The largest absolute Gasteiger partial charge is 0.465 e. The van der Waals surface area contributed by atoms with E-state index in [2.05, 4.69) is 0 Å². The van der Waals surface area contributed by atoms with E-state index in [-0.39, 0.29) is 13.2 Å². The van der Waals surface area contributed by atoms with E-state index >= 15 is 0 Å². The van der Waals surface area contributed by atoms with Crippen molar-refractivity contribution in [2.24, 2.45) is 5.92 Å². The molecule has 0 saturated carbocycles. The molecule has 0 amide bonds. The monoisotopic (exact) mass is 293 g/mol. The second-order valence-corrected chi connectivity index (χ2v) is 4.60. The summed E-state index contributed by atoms with van der Waals surface area (Å²) < 4.78 is 9.90. The molecular weight excluding hydrogens is 270 g/mol. The van der Waals surface area contributed by atoms with Crippen LogP contribution in [0.3, 0.4) is 0 Å². The molecule has 0 aliphatic rings. The van der Waals surface area contributed by atoms with Crippen LogP contribution >= 0.6 is 0 Å². The molecule has 0 aromatic heterocycles. The first kappa shape index (κ1) is 17.0. The molecule has 116 valence electrons. The first-order valence-electron chi connectivity index (χ1n) is 7.19. The Labute approximate surface area is 125 Å². The van der Waals surface area contributed by atoms with Gasteiger partial charge in [-0.25, -0.2) is 0 Å². The quantitative estimate of drug-likeness (QED) is 0.543. The lowest BCUT2D eigenvalue weighted by atomic mass is 10.1. The third kappa shape index (κ3) is 5.45. The van der Waals surface area contributed by atoms with Crippen molar-refractivity contribution in [1.82, 2.24) is 0 Å². The van der Waals surface area contributed by atoms with Gasteiger partial charge >= 0.3 is 11.9 Å². The molecular formula is C16H23NO4. The maximum atomic E-state index is 11.9. The summed E-state index contributed by atoms with van der Waals surface area (Å²) in [6, 6.07) is 9.78. The van der Waals surface area contributed by atoms with Crippen LogP contribution in [0.2, 0.25) is 0 Å². The van der Waals surface area contributed by atoms with Crippen LogP contribution < -0.4 is 4.90 Å². The second-order valence-electron chi connectivity index (χ2n) is 4.60. The van der Waals surface area contributed by atoms with Gasteiger partial charge in [0.15, 0.2) is 5.92 Å². The first-order valence-corrected chi connectivity index (χ1v) is 7.19. The van der Waals surface area contributed by atoms with Crippen molar-refractivity contribution in [3.05, 3.63) is 30.3 Å². The van der Waals surface area contributed by atoms with E-state index in [0.29, 0.717) is 13.0 Å². The Morgan fingerprint density at radius 3 is 2.05 bits per heavy atom. The van der Waals surface area contributed by atoms with Crippen LogP contribution in [0.15, 0.2) is 30.3 Å². The zero-order chi connectivity index (χ0) is 15.7. The van der Waals surface area contributed by atoms with Gasteiger partial charge in [0.25, 0.3) is 0 Å². The topological polar surface area (TPSA) is 55.8 Å². The Morgan fingerprint density at radius 2 is 1.57 bits per heavy atom. The molecule has 1 rings (SSSR count). The summed E-state index contributed by atoms with van der Waals surface area (Å²) in [6.45, 7) is 4.51. The molecule has 1 aromatic rings. The van der Waals surface area contributed by atoms with Crippen molar-refractivity contribution in [1.29, 1.82) is 0 Å². The fourth-order valence-electron chi connectivity index (χ4n) is 1.95. The van der Waals surface area contributed by atoms with Crippen LogP contribution in [0.4, 0.5) is 5.69 Å². The Kier molecular flexibility index (Phi) is 7.29. The molecule has 0 bridgehead atoms. The van der Waals surface area contributed by atoms with E-state index in [4.69, 9.17) is 9.47 Å². The summed E-state index contributed by atoms with van der Waals surface area (Å²) in [5, 5.41) is 0. The molecule has 0 N–H and O–H groups in total. The molecule has 0 unspecified atom stereocenters. The Balaban J connectivity index is 2.64. The summed E-state index contributed by atoms with van der Waals surface area (Å²) in [4.78, 5) is 25.7. The molecule has 0 heterocycles. The van der Waals surface area contributed by atoms with Gasteiger partial charge in [-0.15, -0.1) is 0 Å². The van der Waals surface area contributed by atoms with E-state index in [1.807, 2.05) is 42.3 Å². The third-order valence-electron chi connectivity index (χ3n) is 3.09. The lowest BCUT2D eigenvalue weighted by Crippen LogP contribution is -2.32. The van der Waals surface area contributed by atoms with Crippen LogP contribution in [0.1, 0.15) is 20.3 Å². The predicted molar refractivity (Wildman–Crippen MR) is 81.1 cm³/mol. The number of esters is 2. The highest BCUT2D eigenvalue weighted by Gasteiger charge is 2.29. The van der Waals surface area contributed by atoms with Gasteiger partial charge in [0.1, 0.15) is 0 Å². The lowest BCUT2D eigenvalue weighted by Gasteiger charge is -2.21. The van der Waals surface area contributed by atoms with E-state index in [1.54, 1.807) is 13.8 Å². The minimum absolute atomic E-state index is 0.253. The number of hydrogen-bond donors (Lipinski definition) is 0. The standard InChI is InChI=1S/C16H23NO4/c1-4-20-15(18)14(16(19)21-5-2)11-12-17(3)13-9-7-6-8-10-13/h6-10,14H,4-5,11-12H2,1-3H3. The molecule has 0 spiro atoms. The number of rotatable bonds is 8. The molecule has 0 atom stereocenters. The number of benzene rings is 1. The maximum absolute atomic E-state index is 11.9. The van der Waals surface area contributed by atoms with Crippen molar-refractivity contribution in [3.8, 4) is 0 Å². The molecule has 0 aliphatic heterocycles. The van der Waals surface area contributed by atoms with Crippen LogP contribution in [0.5, 0.6) is 0 Å². The zero-order valence-electron chi connectivity index (χ0n) is 12.9. The highest BCUT2D eigenvalue weighted by Crippen LogP contribution is 2.15. The normalized spacial score (nSPS) is 10.3. The molecule has 5 nitrogen and oxygen atoms in total. The summed E-state index contributed by atoms with van der Waals surface area (Å²) >= 11 is 0. The Bertz CT molecular complexity index is 429. The van der Waals surface area contributed by atoms with Crippen molar-refractivity contribution >= 4 is 17.6 Å². The second kappa shape index (κ2) is 9.00. The number of anilines is 1. The zero-order valence-corrected chi connectivity index (χ0v) is 12.9. The predicted octanol–water partition coefficient (Wildman–Crippen LogP) is 2.26. The average molecular weight is 293 g/mol. The van der Waals surface area contributed by atoms with Gasteiger partial charge in [0.05, 0.1) is 13.2 Å². The molecule has 1 aromatic carbocycles. The number of carbonyl (C=O) groups is 2. The van der Waals surface area contributed by atoms with Crippen molar-refractivity contribution in [3.63, 3.8) is 0 Å². The van der Waals surface area contributed by atoms with Gasteiger partial charge in [-0.05, 0) is 32.4 Å². The van der Waals surface area contributed by atoms with Crippen molar-refractivity contribution < 1.29 is 19.1 Å². The number of carbonyl (C=O) groups excluding carboxylic acids is 2. The van der Waals surface area contributed by atoms with Crippen LogP contribution in [0.25, 0.3) is 0 Å². The first-order chi connectivity index (χ1) is 10.1. The van der Waals surface area contributed by atoms with Gasteiger partial charge in [-0.1, -0.05) is 18.2 Å². The molecule has 5 heteroatoms.